The summed E-state index contributed by atoms with van der Waals surface area (Å²) < 4.78 is 10.9. The van der Waals surface area contributed by atoms with Crippen LogP contribution < -0.4 is 0 Å². The number of carbonyl (C=O) groups is 1. The number of fused-ring (bicyclic) bond motifs is 1. The molecule has 0 N–H and O–H groups in total. The van der Waals surface area contributed by atoms with Crippen molar-refractivity contribution < 1.29 is 13.9 Å². The summed E-state index contributed by atoms with van der Waals surface area (Å²) in [5.74, 6) is 1.13. The van der Waals surface area contributed by atoms with Crippen molar-refractivity contribution in [2.75, 3.05) is 19.7 Å². The molecule has 1 aromatic heterocycles. The lowest BCUT2D eigenvalue weighted by atomic mass is 9.95. The zero-order valence-corrected chi connectivity index (χ0v) is 11.8. The van der Waals surface area contributed by atoms with Crippen molar-refractivity contribution in [3.63, 3.8) is 0 Å². The van der Waals surface area contributed by atoms with Crippen molar-refractivity contribution in [2.24, 2.45) is 0 Å². The van der Waals surface area contributed by atoms with Crippen LogP contribution in [0.1, 0.15) is 31.1 Å². The molecule has 0 spiro atoms. The van der Waals surface area contributed by atoms with Gasteiger partial charge in [-0.05, 0) is 38.1 Å². The van der Waals surface area contributed by atoms with Gasteiger partial charge in [0.1, 0.15) is 11.6 Å². The number of ether oxygens (including phenoxy) is 1. The first-order chi connectivity index (χ1) is 10.3. The number of nitrogens with zero attached hydrogens (tertiary/aromatic N) is 2. The molecule has 4 rings (SSSR count). The van der Waals surface area contributed by atoms with Crippen molar-refractivity contribution >= 4 is 17.1 Å². The number of hydrogen-bond donors (Lipinski definition) is 0. The van der Waals surface area contributed by atoms with Crippen LogP contribution in [0.15, 0.2) is 28.7 Å². The Kier molecular flexibility index (Phi) is 3.15. The Hall–Kier alpha value is -1.88. The number of benzene rings is 1. The maximum absolute atomic E-state index is 11.6. The van der Waals surface area contributed by atoms with E-state index in [0.717, 1.165) is 49.3 Å². The second-order valence-electron chi connectivity index (χ2n) is 5.80. The molecule has 1 aromatic carbocycles. The van der Waals surface area contributed by atoms with Crippen LogP contribution in [0.2, 0.25) is 0 Å². The monoisotopic (exact) mass is 286 g/mol. The number of aromatic nitrogens is 1. The Morgan fingerprint density at radius 1 is 1.14 bits per heavy atom. The molecule has 0 aliphatic carbocycles. The fourth-order valence-electron chi connectivity index (χ4n) is 3.34. The number of para-hydroxylation sites is 2. The van der Waals surface area contributed by atoms with Gasteiger partial charge in [0.25, 0.3) is 0 Å². The standard InChI is InChI=1S/C16H18N2O3/c19-16-13(7-10-20-16)18-8-5-11(6-9-18)15-17-12-3-1-2-4-14(12)21-15/h1-4,11,13H,5-10H2/t13-/m1/s1. The van der Waals surface area contributed by atoms with Crippen molar-refractivity contribution in [1.29, 1.82) is 0 Å². The first-order valence-corrected chi connectivity index (χ1v) is 7.57. The molecule has 2 aliphatic heterocycles. The van der Waals surface area contributed by atoms with Crippen LogP contribution in [0.5, 0.6) is 0 Å². The molecule has 2 saturated heterocycles. The molecule has 2 fully saturated rings. The molecule has 2 aliphatic rings. The number of hydrogen-bond acceptors (Lipinski definition) is 5. The highest BCUT2D eigenvalue weighted by Gasteiger charge is 2.35. The van der Waals surface area contributed by atoms with Gasteiger partial charge in [-0.15, -0.1) is 0 Å². The SMILES string of the molecule is O=C1OCC[C@H]1N1CCC(c2nc3ccccc3o2)CC1. The second-order valence-corrected chi connectivity index (χ2v) is 5.80. The summed E-state index contributed by atoms with van der Waals surface area (Å²) in [6.45, 7) is 2.38. The molecule has 5 nitrogen and oxygen atoms in total. The van der Waals surface area contributed by atoms with Gasteiger partial charge in [-0.3, -0.25) is 9.69 Å². The predicted molar refractivity (Wildman–Crippen MR) is 76.9 cm³/mol. The third-order valence-corrected chi connectivity index (χ3v) is 4.54. The van der Waals surface area contributed by atoms with E-state index in [0.29, 0.717) is 12.5 Å². The molecule has 0 amide bonds. The van der Waals surface area contributed by atoms with Crippen LogP contribution in [0.4, 0.5) is 0 Å². The summed E-state index contributed by atoms with van der Waals surface area (Å²) in [5, 5.41) is 0. The average molecular weight is 286 g/mol. The average Bonchev–Trinajstić information content (AvgIpc) is 3.13. The summed E-state index contributed by atoms with van der Waals surface area (Å²) in [6.07, 6.45) is 2.79. The summed E-state index contributed by atoms with van der Waals surface area (Å²) in [5.41, 5.74) is 1.78. The van der Waals surface area contributed by atoms with Gasteiger partial charge in [0, 0.05) is 12.3 Å². The molecule has 0 unspecified atom stereocenters. The van der Waals surface area contributed by atoms with Crippen LogP contribution in [0.25, 0.3) is 11.1 Å². The molecular weight excluding hydrogens is 268 g/mol. The fourth-order valence-corrected chi connectivity index (χ4v) is 3.34. The number of carbonyl (C=O) groups excluding carboxylic acids is 1. The van der Waals surface area contributed by atoms with Gasteiger partial charge in [0.15, 0.2) is 11.5 Å². The number of likely N-dealkylation sites (tertiary alicyclic amines) is 1. The second kappa shape index (κ2) is 5.15. The first-order valence-electron chi connectivity index (χ1n) is 7.57. The lowest BCUT2D eigenvalue weighted by molar-refractivity contribution is -0.142. The summed E-state index contributed by atoms with van der Waals surface area (Å²) in [7, 11) is 0. The van der Waals surface area contributed by atoms with E-state index in [1.165, 1.54) is 0 Å². The van der Waals surface area contributed by atoms with E-state index >= 15 is 0 Å². The topological polar surface area (TPSA) is 55.6 Å². The Morgan fingerprint density at radius 2 is 1.95 bits per heavy atom. The molecule has 5 heteroatoms. The van der Waals surface area contributed by atoms with E-state index < -0.39 is 0 Å². The van der Waals surface area contributed by atoms with E-state index in [2.05, 4.69) is 9.88 Å². The molecule has 1 atom stereocenters. The lowest BCUT2D eigenvalue weighted by Crippen LogP contribution is -2.43. The Balaban J connectivity index is 1.46. The number of piperidine rings is 1. The lowest BCUT2D eigenvalue weighted by Gasteiger charge is -2.32. The van der Waals surface area contributed by atoms with Gasteiger partial charge in [-0.1, -0.05) is 12.1 Å². The van der Waals surface area contributed by atoms with Gasteiger partial charge < -0.3 is 9.15 Å². The van der Waals surface area contributed by atoms with E-state index in [1.807, 2.05) is 24.3 Å². The third-order valence-electron chi connectivity index (χ3n) is 4.54. The summed E-state index contributed by atoms with van der Waals surface area (Å²) >= 11 is 0. The van der Waals surface area contributed by atoms with E-state index in [1.54, 1.807) is 0 Å². The largest absolute Gasteiger partial charge is 0.464 e. The molecule has 0 saturated carbocycles. The maximum atomic E-state index is 11.6. The fraction of sp³-hybridized carbons (Fsp3) is 0.500. The molecule has 2 aromatic rings. The highest BCUT2D eigenvalue weighted by Crippen LogP contribution is 2.31. The van der Waals surface area contributed by atoms with E-state index in [-0.39, 0.29) is 12.0 Å². The van der Waals surface area contributed by atoms with Crippen LogP contribution in [0, 0.1) is 0 Å². The highest BCUT2D eigenvalue weighted by atomic mass is 16.5. The normalized spacial score (nSPS) is 24.6. The van der Waals surface area contributed by atoms with Crippen LogP contribution in [-0.4, -0.2) is 41.6 Å². The van der Waals surface area contributed by atoms with Gasteiger partial charge >= 0.3 is 5.97 Å². The Labute approximate surface area is 122 Å². The predicted octanol–water partition coefficient (Wildman–Crippen LogP) is 2.32. The van der Waals surface area contributed by atoms with Gasteiger partial charge in [0.05, 0.1) is 6.61 Å². The Morgan fingerprint density at radius 3 is 2.67 bits per heavy atom. The molecule has 21 heavy (non-hydrogen) atoms. The van der Waals surface area contributed by atoms with Crippen molar-refractivity contribution in [3.05, 3.63) is 30.2 Å². The number of esters is 1. The van der Waals surface area contributed by atoms with E-state index in [9.17, 15) is 4.79 Å². The van der Waals surface area contributed by atoms with Gasteiger partial charge in [0.2, 0.25) is 0 Å². The Bertz CT molecular complexity index is 625. The summed E-state index contributed by atoms with van der Waals surface area (Å²) in [6, 6.07) is 7.84. The minimum atomic E-state index is -0.0599. The number of oxazole rings is 1. The van der Waals surface area contributed by atoms with Gasteiger partial charge in [-0.2, -0.15) is 0 Å². The van der Waals surface area contributed by atoms with Crippen molar-refractivity contribution in [1.82, 2.24) is 9.88 Å². The molecule has 0 bridgehead atoms. The van der Waals surface area contributed by atoms with Gasteiger partial charge in [-0.25, -0.2) is 4.98 Å². The van der Waals surface area contributed by atoms with Crippen LogP contribution >= 0.6 is 0 Å². The van der Waals surface area contributed by atoms with Crippen LogP contribution in [0.3, 0.4) is 0 Å². The number of cyclic esters (lactones) is 1. The molecule has 3 heterocycles. The quantitative estimate of drug-likeness (QED) is 0.793. The molecular formula is C16H18N2O3. The zero-order valence-electron chi connectivity index (χ0n) is 11.8. The van der Waals surface area contributed by atoms with E-state index in [4.69, 9.17) is 9.15 Å². The highest BCUT2D eigenvalue weighted by molar-refractivity contribution is 5.77. The third kappa shape index (κ3) is 2.31. The van der Waals surface area contributed by atoms with Crippen molar-refractivity contribution in [3.8, 4) is 0 Å². The zero-order chi connectivity index (χ0) is 14.2. The molecule has 0 radical (unpaired) electrons. The minimum Gasteiger partial charge on any atom is -0.464 e. The molecule has 110 valence electrons. The first kappa shape index (κ1) is 12.8. The smallest absolute Gasteiger partial charge is 0.323 e. The summed E-state index contributed by atoms with van der Waals surface area (Å²) in [4.78, 5) is 18.5. The maximum Gasteiger partial charge on any atom is 0.323 e. The number of rotatable bonds is 2. The minimum absolute atomic E-state index is 0.0328. The van der Waals surface area contributed by atoms with Crippen LogP contribution in [-0.2, 0) is 9.53 Å². The van der Waals surface area contributed by atoms with Crippen molar-refractivity contribution in [2.45, 2.75) is 31.2 Å².